The van der Waals surface area contributed by atoms with Gasteiger partial charge in [0.15, 0.2) is 0 Å². The average molecular weight is 495 g/mol. The number of aryl methyl sites for hydroxylation is 1. The van der Waals surface area contributed by atoms with Crippen LogP contribution in [0.15, 0.2) is 41.3 Å². The molecule has 1 amide bonds. The zero-order chi connectivity index (χ0) is 26.2. The molecule has 0 aliphatic carbocycles. The molecule has 1 saturated heterocycles. The monoisotopic (exact) mass is 494 g/mol. The van der Waals surface area contributed by atoms with Crippen molar-refractivity contribution < 1.29 is 14.3 Å². The SMILES string of the molecule is Cc1cc(F)c(C(N)=O)cc1-c1ccc2c(=O)n(CC(C)(C)CO)cc(CN3CCNC[C@H]3C)c2c1. The van der Waals surface area contributed by atoms with Gasteiger partial charge in [-0.2, -0.15) is 0 Å². The Balaban J connectivity index is 1.90. The summed E-state index contributed by atoms with van der Waals surface area (Å²) >= 11 is 0. The molecular formula is C28H35FN4O3. The molecule has 1 aliphatic heterocycles. The Morgan fingerprint density at radius 2 is 2.00 bits per heavy atom. The number of primary amides is 1. The molecule has 1 fully saturated rings. The van der Waals surface area contributed by atoms with Crippen LogP contribution in [-0.2, 0) is 13.1 Å². The fourth-order valence-electron chi connectivity index (χ4n) is 4.90. The second kappa shape index (κ2) is 10.1. The highest BCUT2D eigenvalue weighted by molar-refractivity contribution is 5.96. The van der Waals surface area contributed by atoms with Crippen molar-refractivity contribution in [3.05, 3.63) is 69.4 Å². The third-order valence-electron chi connectivity index (χ3n) is 7.10. The van der Waals surface area contributed by atoms with Gasteiger partial charge in [-0.05, 0) is 65.8 Å². The van der Waals surface area contributed by atoms with Gasteiger partial charge in [-0.1, -0.05) is 19.9 Å². The number of hydrogen-bond donors (Lipinski definition) is 3. The highest BCUT2D eigenvalue weighted by atomic mass is 19.1. The summed E-state index contributed by atoms with van der Waals surface area (Å²) < 4.78 is 16.0. The number of rotatable bonds is 7. The third kappa shape index (κ3) is 5.21. The van der Waals surface area contributed by atoms with Crippen molar-refractivity contribution in [2.24, 2.45) is 11.1 Å². The number of aromatic nitrogens is 1. The number of hydrogen-bond acceptors (Lipinski definition) is 5. The van der Waals surface area contributed by atoms with E-state index in [2.05, 4.69) is 17.1 Å². The quantitative estimate of drug-likeness (QED) is 0.469. The number of nitrogens with one attached hydrogen (secondary N) is 1. The lowest BCUT2D eigenvalue weighted by molar-refractivity contribution is 0.0996. The first-order chi connectivity index (χ1) is 17.0. The van der Waals surface area contributed by atoms with E-state index in [9.17, 15) is 19.1 Å². The Morgan fingerprint density at radius 3 is 2.67 bits per heavy atom. The van der Waals surface area contributed by atoms with Crippen LogP contribution in [0.4, 0.5) is 4.39 Å². The second-order valence-corrected chi connectivity index (χ2v) is 10.7. The molecule has 36 heavy (non-hydrogen) atoms. The number of amides is 1. The van der Waals surface area contributed by atoms with E-state index in [1.165, 1.54) is 12.1 Å². The van der Waals surface area contributed by atoms with Gasteiger partial charge in [0.1, 0.15) is 5.82 Å². The number of nitrogens with zero attached hydrogens (tertiary/aromatic N) is 2. The summed E-state index contributed by atoms with van der Waals surface area (Å²) in [6, 6.07) is 8.71. The molecule has 0 radical (unpaired) electrons. The molecule has 0 saturated carbocycles. The molecule has 8 heteroatoms. The predicted molar refractivity (Wildman–Crippen MR) is 140 cm³/mol. The van der Waals surface area contributed by atoms with Crippen molar-refractivity contribution in [2.75, 3.05) is 26.2 Å². The van der Waals surface area contributed by atoms with E-state index < -0.39 is 17.1 Å². The number of halogens is 1. The van der Waals surface area contributed by atoms with Crippen LogP contribution in [0.25, 0.3) is 21.9 Å². The Labute approximate surface area is 210 Å². The molecule has 1 aromatic heterocycles. The Morgan fingerprint density at radius 1 is 1.25 bits per heavy atom. The molecule has 0 spiro atoms. The lowest BCUT2D eigenvalue weighted by Crippen LogP contribution is -2.49. The Bertz CT molecular complexity index is 1370. The second-order valence-electron chi connectivity index (χ2n) is 10.7. The molecule has 1 aliphatic rings. The number of aliphatic hydroxyl groups excluding tert-OH is 1. The van der Waals surface area contributed by atoms with Crippen LogP contribution in [0.2, 0.25) is 0 Å². The lowest BCUT2D eigenvalue weighted by Gasteiger charge is -2.34. The van der Waals surface area contributed by atoms with Gasteiger partial charge in [0.2, 0.25) is 0 Å². The maximum Gasteiger partial charge on any atom is 0.258 e. The minimum absolute atomic E-state index is 0.0351. The summed E-state index contributed by atoms with van der Waals surface area (Å²) in [5, 5.41) is 14.6. The molecule has 1 atom stereocenters. The van der Waals surface area contributed by atoms with E-state index in [-0.39, 0.29) is 17.7 Å². The summed E-state index contributed by atoms with van der Waals surface area (Å²) in [5.74, 6) is -1.47. The van der Waals surface area contributed by atoms with Crippen LogP contribution in [-0.4, -0.2) is 52.8 Å². The highest BCUT2D eigenvalue weighted by Gasteiger charge is 2.23. The minimum atomic E-state index is -0.822. The number of carbonyl (C=O) groups is 1. The van der Waals surface area contributed by atoms with E-state index in [0.29, 0.717) is 35.6 Å². The van der Waals surface area contributed by atoms with E-state index >= 15 is 0 Å². The van der Waals surface area contributed by atoms with Crippen LogP contribution in [0.5, 0.6) is 0 Å². The Kier molecular flexibility index (Phi) is 7.31. The van der Waals surface area contributed by atoms with Crippen LogP contribution in [0, 0.1) is 18.2 Å². The van der Waals surface area contributed by atoms with Gasteiger partial charge in [-0.15, -0.1) is 0 Å². The fraction of sp³-hybridized carbons (Fsp3) is 0.429. The first-order valence-corrected chi connectivity index (χ1v) is 12.3. The van der Waals surface area contributed by atoms with E-state index in [1.807, 2.05) is 32.2 Å². The molecule has 2 aromatic carbocycles. The minimum Gasteiger partial charge on any atom is -0.396 e. The molecule has 192 valence electrons. The largest absolute Gasteiger partial charge is 0.396 e. The van der Waals surface area contributed by atoms with Crippen molar-refractivity contribution >= 4 is 16.7 Å². The summed E-state index contributed by atoms with van der Waals surface area (Å²) in [5.41, 5.74) is 7.81. The van der Waals surface area contributed by atoms with Gasteiger partial charge < -0.3 is 20.7 Å². The van der Waals surface area contributed by atoms with Gasteiger partial charge in [-0.3, -0.25) is 14.5 Å². The van der Waals surface area contributed by atoms with Crippen molar-refractivity contribution in [1.29, 1.82) is 0 Å². The van der Waals surface area contributed by atoms with Gasteiger partial charge in [0.05, 0.1) is 5.56 Å². The fourth-order valence-corrected chi connectivity index (χ4v) is 4.90. The molecule has 4 N–H and O–H groups in total. The molecular weight excluding hydrogens is 459 g/mol. The number of fused-ring (bicyclic) bond motifs is 1. The molecule has 7 nitrogen and oxygen atoms in total. The zero-order valence-corrected chi connectivity index (χ0v) is 21.4. The normalized spacial score (nSPS) is 17.0. The molecule has 2 heterocycles. The number of aliphatic hydroxyl groups is 1. The zero-order valence-electron chi connectivity index (χ0n) is 21.4. The first kappa shape index (κ1) is 26.0. The van der Waals surface area contributed by atoms with Crippen LogP contribution >= 0.6 is 0 Å². The average Bonchev–Trinajstić information content (AvgIpc) is 2.83. The van der Waals surface area contributed by atoms with Gasteiger partial charge in [0.25, 0.3) is 11.5 Å². The number of benzene rings is 2. The predicted octanol–water partition coefficient (Wildman–Crippen LogP) is 3.03. The third-order valence-corrected chi connectivity index (χ3v) is 7.10. The summed E-state index contributed by atoms with van der Waals surface area (Å²) in [4.78, 5) is 27.6. The maximum atomic E-state index is 14.3. The number of nitrogens with two attached hydrogens (primary N) is 1. The van der Waals surface area contributed by atoms with Gasteiger partial charge in [-0.25, -0.2) is 4.39 Å². The molecule has 0 unspecified atom stereocenters. The van der Waals surface area contributed by atoms with Crippen molar-refractivity contribution in [2.45, 2.75) is 46.8 Å². The topological polar surface area (TPSA) is 101 Å². The molecule has 4 rings (SSSR count). The van der Waals surface area contributed by atoms with E-state index in [0.717, 1.165) is 36.1 Å². The van der Waals surface area contributed by atoms with Crippen LogP contribution in [0.3, 0.4) is 0 Å². The number of piperazine rings is 1. The highest BCUT2D eigenvalue weighted by Crippen LogP contribution is 2.31. The smallest absolute Gasteiger partial charge is 0.258 e. The maximum absolute atomic E-state index is 14.3. The summed E-state index contributed by atoms with van der Waals surface area (Å²) in [6.07, 6.45) is 1.91. The lowest BCUT2D eigenvalue weighted by atomic mass is 9.93. The van der Waals surface area contributed by atoms with Crippen molar-refractivity contribution in [1.82, 2.24) is 14.8 Å². The molecule has 0 bridgehead atoms. The summed E-state index contributed by atoms with van der Waals surface area (Å²) in [7, 11) is 0. The van der Waals surface area contributed by atoms with Gasteiger partial charge in [0, 0.05) is 62.4 Å². The van der Waals surface area contributed by atoms with Crippen molar-refractivity contribution in [3.8, 4) is 11.1 Å². The number of carbonyl (C=O) groups excluding carboxylic acids is 1. The van der Waals surface area contributed by atoms with E-state index in [4.69, 9.17) is 5.73 Å². The van der Waals surface area contributed by atoms with Crippen LogP contribution < -0.4 is 16.6 Å². The Hall–Kier alpha value is -3.07. The molecule has 3 aromatic rings. The first-order valence-electron chi connectivity index (χ1n) is 12.3. The number of pyridine rings is 1. The van der Waals surface area contributed by atoms with E-state index in [1.54, 1.807) is 17.6 Å². The van der Waals surface area contributed by atoms with Crippen LogP contribution in [0.1, 0.15) is 42.3 Å². The van der Waals surface area contributed by atoms with Gasteiger partial charge >= 0.3 is 0 Å². The summed E-state index contributed by atoms with van der Waals surface area (Å²) in [6.45, 7) is 11.5. The van der Waals surface area contributed by atoms with Crippen molar-refractivity contribution in [3.63, 3.8) is 0 Å². The standard InChI is InChI=1S/C28H35FN4O3/c1-17-9-25(29)24(26(30)35)11-22(17)19-5-6-21-23(10-19)20(13-32-8-7-31-12-18(32)2)14-33(27(21)36)15-28(3,4)16-34/h5-6,9-11,14,18,31,34H,7-8,12-13,15-16H2,1-4H3,(H2,30,35)/t18-/m1/s1.